The Kier molecular flexibility index (Phi) is 6.80. The normalized spacial score (nSPS) is 11.5. The summed E-state index contributed by atoms with van der Waals surface area (Å²) in [6.07, 6.45) is 0. The largest absolute Gasteiger partial charge is 0.0622 e. The first-order valence-corrected chi connectivity index (χ1v) is 16.2. The Bertz CT molecular complexity index is 2250. The first-order valence-electron chi connectivity index (χ1n) is 16.2. The van der Waals surface area contributed by atoms with Crippen molar-refractivity contribution in [2.24, 2.45) is 0 Å². The summed E-state index contributed by atoms with van der Waals surface area (Å²) in [6.45, 7) is 8.87. The van der Waals surface area contributed by atoms with Gasteiger partial charge in [0.2, 0.25) is 0 Å². The van der Waals surface area contributed by atoms with E-state index in [1.165, 1.54) is 99.1 Å². The molecule has 0 nitrogen and oxygen atoms in total. The molecule has 46 heavy (non-hydrogen) atoms. The van der Waals surface area contributed by atoms with Crippen molar-refractivity contribution < 1.29 is 0 Å². The topological polar surface area (TPSA) is 0 Å². The summed E-state index contributed by atoms with van der Waals surface area (Å²) in [6, 6.07) is 54.1. The summed E-state index contributed by atoms with van der Waals surface area (Å²) in [5.74, 6) is 0. The molecule has 0 aliphatic heterocycles. The molecule has 0 N–H and O–H groups in total. The van der Waals surface area contributed by atoms with Crippen LogP contribution < -0.4 is 0 Å². The molecule has 0 fully saturated rings. The molecule has 0 spiro atoms. The maximum absolute atomic E-state index is 2.39. The summed E-state index contributed by atoms with van der Waals surface area (Å²) >= 11 is 0. The third-order valence-corrected chi connectivity index (χ3v) is 9.90. The molecule has 0 heterocycles. The molecule has 8 aromatic carbocycles. The molecule has 0 aliphatic rings. The first-order chi connectivity index (χ1) is 22.5. The minimum absolute atomic E-state index is 1.23. The van der Waals surface area contributed by atoms with E-state index in [2.05, 4.69) is 173 Å². The van der Waals surface area contributed by atoms with E-state index >= 15 is 0 Å². The smallest absolute Gasteiger partial charge is 0.000139 e. The Hall–Kier alpha value is -5.46. The summed E-state index contributed by atoms with van der Waals surface area (Å²) in [4.78, 5) is 0. The lowest BCUT2D eigenvalue weighted by molar-refractivity contribution is 1.34. The van der Waals surface area contributed by atoms with Crippen molar-refractivity contribution in [1.29, 1.82) is 0 Å². The second-order valence-corrected chi connectivity index (χ2v) is 12.7. The summed E-state index contributed by atoms with van der Waals surface area (Å²) in [5.41, 5.74) is 15.4. The predicted octanol–water partition coefficient (Wildman–Crippen LogP) is 13.0. The van der Waals surface area contributed by atoms with Crippen LogP contribution in [0.3, 0.4) is 0 Å². The maximum Gasteiger partial charge on any atom is -0.000139 e. The molecule has 0 aliphatic carbocycles. The van der Waals surface area contributed by atoms with E-state index in [1.54, 1.807) is 0 Å². The zero-order valence-corrected chi connectivity index (χ0v) is 26.9. The lowest BCUT2D eigenvalue weighted by Gasteiger charge is -2.25. The van der Waals surface area contributed by atoms with Gasteiger partial charge in [0.15, 0.2) is 0 Å². The highest BCUT2D eigenvalue weighted by atomic mass is 14.3. The molecule has 0 amide bonds. The average molecular weight is 589 g/mol. The molecule has 0 radical (unpaired) electrons. The van der Waals surface area contributed by atoms with Gasteiger partial charge >= 0.3 is 0 Å². The highest BCUT2D eigenvalue weighted by Crippen LogP contribution is 2.53. The predicted molar refractivity (Wildman–Crippen MR) is 200 cm³/mol. The molecule has 8 rings (SSSR count). The molecule has 220 valence electrons. The van der Waals surface area contributed by atoms with Crippen molar-refractivity contribution in [2.75, 3.05) is 0 Å². The minimum atomic E-state index is 1.23. The lowest BCUT2D eigenvalue weighted by Crippen LogP contribution is -1.98. The molecular weight excluding hydrogens is 553 g/mol. The zero-order valence-electron chi connectivity index (χ0n) is 26.9. The Morgan fingerprint density at radius 1 is 0.261 bits per heavy atom. The van der Waals surface area contributed by atoms with Crippen molar-refractivity contribution in [3.63, 3.8) is 0 Å². The van der Waals surface area contributed by atoms with Crippen LogP contribution in [-0.2, 0) is 0 Å². The van der Waals surface area contributed by atoms with Crippen LogP contribution in [-0.4, -0.2) is 0 Å². The van der Waals surface area contributed by atoms with Crippen LogP contribution in [0.15, 0.2) is 146 Å². The molecule has 0 unspecified atom stereocenters. The van der Waals surface area contributed by atoms with Crippen LogP contribution in [0, 0.1) is 27.7 Å². The monoisotopic (exact) mass is 588 g/mol. The highest BCUT2D eigenvalue weighted by Gasteiger charge is 2.26. The van der Waals surface area contributed by atoms with E-state index in [0.29, 0.717) is 0 Å². The number of rotatable bonds is 4. The standard InChI is InChI=1S/C46H36/c1-29-23-25-35(27-31(29)3)43-39-21-13-11-19-37(39)42(34-17-9-6-10-18-34)46-44(36-26-24-30(2)32(4)28-36)40-22-14-12-20-38(40)41(45(43)46)33-15-7-5-8-16-33/h5-28H,1-4H3. The molecule has 0 saturated heterocycles. The van der Waals surface area contributed by atoms with Crippen molar-refractivity contribution in [3.8, 4) is 44.5 Å². The molecule has 0 atom stereocenters. The lowest BCUT2D eigenvalue weighted by atomic mass is 9.77. The SMILES string of the molecule is Cc1ccc(-c2c3ccccc3c(-c3ccccc3)c3c(-c4ccc(C)c(C)c4)c4ccccc4c(-c4ccccc4)c23)cc1C. The third kappa shape index (κ3) is 4.44. The number of benzene rings is 8. The molecular formula is C46H36. The number of hydrogen-bond acceptors (Lipinski definition) is 0. The Balaban J connectivity index is 1.76. The van der Waals surface area contributed by atoms with E-state index in [-0.39, 0.29) is 0 Å². The van der Waals surface area contributed by atoms with Gasteiger partial charge in [0.1, 0.15) is 0 Å². The van der Waals surface area contributed by atoms with Gasteiger partial charge in [-0.3, -0.25) is 0 Å². The van der Waals surface area contributed by atoms with Crippen molar-refractivity contribution in [3.05, 3.63) is 168 Å². The van der Waals surface area contributed by atoms with Crippen LogP contribution in [0.2, 0.25) is 0 Å². The van der Waals surface area contributed by atoms with Crippen LogP contribution in [0.5, 0.6) is 0 Å². The van der Waals surface area contributed by atoms with Gasteiger partial charge in [-0.05, 0) is 127 Å². The fraction of sp³-hybridized carbons (Fsp3) is 0.0870. The van der Waals surface area contributed by atoms with E-state index in [4.69, 9.17) is 0 Å². The van der Waals surface area contributed by atoms with Gasteiger partial charge in [-0.2, -0.15) is 0 Å². The number of aryl methyl sites for hydroxylation is 4. The number of fused-ring (bicyclic) bond motifs is 3. The molecule has 0 heteroatoms. The Morgan fingerprint density at radius 3 is 0.891 bits per heavy atom. The van der Waals surface area contributed by atoms with Crippen LogP contribution >= 0.6 is 0 Å². The van der Waals surface area contributed by atoms with Gasteiger partial charge in [-0.1, -0.05) is 146 Å². The molecule has 8 aromatic rings. The van der Waals surface area contributed by atoms with Gasteiger partial charge in [-0.25, -0.2) is 0 Å². The van der Waals surface area contributed by atoms with Crippen LogP contribution in [0.1, 0.15) is 22.3 Å². The van der Waals surface area contributed by atoms with E-state index in [0.717, 1.165) is 0 Å². The van der Waals surface area contributed by atoms with E-state index in [1.807, 2.05) is 0 Å². The minimum Gasteiger partial charge on any atom is -0.0622 e. The van der Waals surface area contributed by atoms with E-state index in [9.17, 15) is 0 Å². The fourth-order valence-electron chi connectivity index (χ4n) is 7.33. The fourth-order valence-corrected chi connectivity index (χ4v) is 7.33. The number of hydrogen-bond donors (Lipinski definition) is 0. The van der Waals surface area contributed by atoms with Crippen LogP contribution in [0.25, 0.3) is 76.8 Å². The summed E-state index contributed by atoms with van der Waals surface area (Å²) in [7, 11) is 0. The Labute approximate surface area is 271 Å². The Morgan fingerprint density at radius 2 is 0.565 bits per heavy atom. The van der Waals surface area contributed by atoms with Gasteiger partial charge in [-0.15, -0.1) is 0 Å². The molecule has 0 saturated carbocycles. The van der Waals surface area contributed by atoms with Gasteiger partial charge in [0, 0.05) is 0 Å². The third-order valence-electron chi connectivity index (χ3n) is 9.90. The molecule has 0 bridgehead atoms. The van der Waals surface area contributed by atoms with Gasteiger partial charge < -0.3 is 0 Å². The average Bonchev–Trinajstić information content (AvgIpc) is 3.09. The second kappa shape index (κ2) is 11.2. The molecule has 0 aromatic heterocycles. The maximum atomic E-state index is 2.39. The summed E-state index contributed by atoms with van der Waals surface area (Å²) < 4.78 is 0. The second-order valence-electron chi connectivity index (χ2n) is 12.7. The highest BCUT2D eigenvalue weighted by molar-refractivity contribution is 6.33. The van der Waals surface area contributed by atoms with Gasteiger partial charge in [0.25, 0.3) is 0 Å². The van der Waals surface area contributed by atoms with Gasteiger partial charge in [0.05, 0.1) is 0 Å². The first kappa shape index (κ1) is 28.0. The van der Waals surface area contributed by atoms with E-state index < -0.39 is 0 Å². The van der Waals surface area contributed by atoms with Crippen LogP contribution in [0.4, 0.5) is 0 Å². The zero-order chi connectivity index (χ0) is 31.4. The van der Waals surface area contributed by atoms with Crippen molar-refractivity contribution in [2.45, 2.75) is 27.7 Å². The van der Waals surface area contributed by atoms with Crippen molar-refractivity contribution in [1.82, 2.24) is 0 Å². The quantitative estimate of drug-likeness (QED) is 0.179. The van der Waals surface area contributed by atoms with Crippen molar-refractivity contribution >= 4 is 32.3 Å². The summed E-state index contributed by atoms with van der Waals surface area (Å²) in [5, 5.41) is 7.70.